The van der Waals surface area contributed by atoms with E-state index in [4.69, 9.17) is 19.3 Å². The van der Waals surface area contributed by atoms with Crippen molar-refractivity contribution < 1.29 is 37.9 Å². The maximum atomic E-state index is 12.4. The number of ether oxygens (including phenoxy) is 2. The van der Waals surface area contributed by atoms with Crippen molar-refractivity contribution in [3.63, 3.8) is 0 Å². The molecule has 0 aromatic rings. The molecule has 0 aromatic carbocycles. The average molecular weight is 781 g/mol. The molecule has 0 aromatic heterocycles. The van der Waals surface area contributed by atoms with E-state index in [0.717, 1.165) is 70.6 Å². The van der Waals surface area contributed by atoms with E-state index in [9.17, 15) is 14.2 Å². The van der Waals surface area contributed by atoms with Gasteiger partial charge in [0.15, 0.2) is 6.10 Å². The van der Waals surface area contributed by atoms with E-state index in [1.807, 2.05) is 0 Å². The number of hydrogen-bond acceptors (Lipinski definition) is 6. The lowest BCUT2D eigenvalue weighted by atomic mass is 10.0. The van der Waals surface area contributed by atoms with E-state index >= 15 is 0 Å². The van der Waals surface area contributed by atoms with Crippen LogP contribution in [0.3, 0.4) is 0 Å². The first-order chi connectivity index (χ1) is 26.3. The van der Waals surface area contributed by atoms with Gasteiger partial charge in [-0.25, -0.2) is 4.57 Å². The molecule has 0 amide bonds. The first-order valence-electron chi connectivity index (χ1n) is 21.9. The minimum absolute atomic E-state index is 0.192. The van der Waals surface area contributed by atoms with Crippen LogP contribution in [0.1, 0.15) is 206 Å². The number of hydrogen-bond donors (Lipinski definition) is 2. The van der Waals surface area contributed by atoms with E-state index in [1.165, 1.54) is 103 Å². The maximum Gasteiger partial charge on any atom is 0.469 e. The fourth-order valence-corrected chi connectivity index (χ4v) is 6.45. The van der Waals surface area contributed by atoms with Gasteiger partial charge in [-0.05, 0) is 70.6 Å². The van der Waals surface area contributed by atoms with Gasteiger partial charge < -0.3 is 19.3 Å². The molecule has 0 aliphatic carbocycles. The van der Waals surface area contributed by atoms with Gasteiger partial charge in [0.25, 0.3) is 0 Å². The Hall–Kier alpha value is -1.99. The third-order valence-electron chi connectivity index (χ3n) is 9.33. The van der Waals surface area contributed by atoms with Crippen LogP contribution < -0.4 is 0 Å². The molecule has 0 radical (unpaired) electrons. The summed E-state index contributed by atoms with van der Waals surface area (Å²) in [7, 11) is -4.76. The first-order valence-corrected chi connectivity index (χ1v) is 23.5. The standard InChI is InChI=1S/C45H81O8P/c1-3-5-7-9-11-13-15-17-19-20-21-22-23-24-26-27-29-31-33-35-37-39-44(46)51-41-43(42-52-54(48,49)50)53-45(47)40-38-36-34-32-30-28-25-18-16-14-12-10-8-6-4-2/h6,8,12,14,17-19,25,43H,3-5,7,9-11,13,15-16,20-24,26-42H2,1-2H3,(H2,48,49,50)/b8-6-,14-12-,19-17-,25-18-/t43-/m1/s1. The molecular weight excluding hydrogens is 699 g/mol. The Morgan fingerprint density at radius 3 is 1.35 bits per heavy atom. The van der Waals surface area contributed by atoms with Crippen molar-refractivity contribution in [2.24, 2.45) is 0 Å². The van der Waals surface area contributed by atoms with Crippen LogP contribution in [0.5, 0.6) is 0 Å². The molecule has 1 atom stereocenters. The number of rotatable bonds is 40. The Labute approximate surface area is 331 Å². The lowest BCUT2D eigenvalue weighted by Gasteiger charge is -2.18. The summed E-state index contributed by atoms with van der Waals surface area (Å²) in [5.74, 6) is -0.903. The van der Waals surface area contributed by atoms with Gasteiger partial charge in [-0.3, -0.25) is 14.1 Å². The molecule has 2 N–H and O–H groups in total. The molecule has 9 heteroatoms. The van der Waals surface area contributed by atoms with Crippen molar-refractivity contribution in [1.29, 1.82) is 0 Å². The van der Waals surface area contributed by atoms with Gasteiger partial charge in [-0.2, -0.15) is 0 Å². The number of esters is 2. The highest BCUT2D eigenvalue weighted by Crippen LogP contribution is 2.36. The maximum absolute atomic E-state index is 12.4. The van der Waals surface area contributed by atoms with Crippen LogP contribution in [0.15, 0.2) is 48.6 Å². The molecule has 8 nitrogen and oxygen atoms in total. The highest BCUT2D eigenvalue weighted by Gasteiger charge is 2.22. The fourth-order valence-electron chi connectivity index (χ4n) is 6.09. The molecule has 0 aliphatic heterocycles. The Bertz CT molecular complexity index is 1020. The molecule has 0 fully saturated rings. The van der Waals surface area contributed by atoms with Gasteiger partial charge in [-0.15, -0.1) is 0 Å². The van der Waals surface area contributed by atoms with Crippen molar-refractivity contribution in [3.05, 3.63) is 48.6 Å². The Balaban J connectivity index is 3.88. The third-order valence-corrected chi connectivity index (χ3v) is 9.82. The van der Waals surface area contributed by atoms with Gasteiger partial charge >= 0.3 is 19.8 Å². The first kappa shape index (κ1) is 52.0. The SMILES string of the molecule is CC/C=C\C/C=C\C/C=C\CCCCCCCC(=O)O[C@H](COC(=O)CCCCCCCCCCCCC/C=C\CCCCCCCC)COP(=O)(O)O. The van der Waals surface area contributed by atoms with Gasteiger partial charge in [0.1, 0.15) is 6.61 Å². The van der Waals surface area contributed by atoms with Gasteiger partial charge in [0, 0.05) is 12.8 Å². The number of unbranched alkanes of at least 4 members (excludes halogenated alkanes) is 22. The van der Waals surface area contributed by atoms with Crippen molar-refractivity contribution in [3.8, 4) is 0 Å². The number of phosphoric ester groups is 1. The third kappa shape index (κ3) is 42.7. The number of allylic oxidation sites excluding steroid dienone is 8. The van der Waals surface area contributed by atoms with E-state index in [2.05, 4.69) is 67.0 Å². The van der Waals surface area contributed by atoms with Crippen LogP contribution in [0.2, 0.25) is 0 Å². The van der Waals surface area contributed by atoms with E-state index in [1.54, 1.807) is 0 Å². The molecule has 0 spiro atoms. The molecule has 0 rings (SSSR count). The molecule has 0 heterocycles. The minimum atomic E-state index is -4.76. The molecule has 54 heavy (non-hydrogen) atoms. The Morgan fingerprint density at radius 1 is 0.500 bits per heavy atom. The van der Waals surface area contributed by atoms with Crippen LogP contribution >= 0.6 is 7.82 Å². The topological polar surface area (TPSA) is 119 Å². The monoisotopic (exact) mass is 781 g/mol. The Kier molecular flexibility index (Phi) is 39.2. The highest BCUT2D eigenvalue weighted by atomic mass is 31.2. The normalized spacial score (nSPS) is 12.9. The van der Waals surface area contributed by atoms with Crippen molar-refractivity contribution in [1.82, 2.24) is 0 Å². The molecule has 0 saturated heterocycles. The zero-order chi connectivity index (χ0) is 39.6. The molecule has 0 saturated carbocycles. The zero-order valence-corrected chi connectivity index (χ0v) is 35.5. The lowest BCUT2D eigenvalue weighted by molar-refractivity contribution is -0.161. The molecule has 0 aliphatic rings. The molecule has 314 valence electrons. The van der Waals surface area contributed by atoms with Gasteiger partial charge in [-0.1, -0.05) is 172 Å². The van der Waals surface area contributed by atoms with Crippen LogP contribution in [0.25, 0.3) is 0 Å². The summed E-state index contributed by atoms with van der Waals surface area (Å²) in [6.45, 7) is 3.56. The summed E-state index contributed by atoms with van der Waals surface area (Å²) in [6, 6.07) is 0. The number of phosphoric acid groups is 1. The molecule has 0 bridgehead atoms. The van der Waals surface area contributed by atoms with Gasteiger partial charge in [0.05, 0.1) is 6.61 Å². The quantitative estimate of drug-likeness (QED) is 0.0273. The van der Waals surface area contributed by atoms with Crippen molar-refractivity contribution >= 4 is 19.8 Å². The van der Waals surface area contributed by atoms with Crippen LogP contribution in [0, 0.1) is 0 Å². The summed E-state index contributed by atoms with van der Waals surface area (Å²) in [5.41, 5.74) is 0. The predicted molar refractivity (Wildman–Crippen MR) is 225 cm³/mol. The summed E-state index contributed by atoms with van der Waals surface area (Å²) in [5, 5.41) is 0. The van der Waals surface area contributed by atoms with E-state index in [0.29, 0.717) is 6.42 Å². The summed E-state index contributed by atoms with van der Waals surface area (Å²) < 4.78 is 26.4. The van der Waals surface area contributed by atoms with Crippen molar-refractivity contribution in [2.45, 2.75) is 213 Å². The average Bonchev–Trinajstić information content (AvgIpc) is 3.14. The van der Waals surface area contributed by atoms with Crippen LogP contribution in [-0.2, 0) is 28.2 Å². The van der Waals surface area contributed by atoms with Crippen LogP contribution in [0.4, 0.5) is 0 Å². The second-order valence-corrected chi connectivity index (χ2v) is 15.9. The second kappa shape index (κ2) is 40.7. The number of carbonyl (C=O) groups excluding carboxylic acids is 2. The van der Waals surface area contributed by atoms with E-state index < -0.39 is 32.5 Å². The fraction of sp³-hybridized carbons (Fsp3) is 0.778. The largest absolute Gasteiger partial charge is 0.469 e. The second-order valence-electron chi connectivity index (χ2n) is 14.6. The Morgan fingerprint density at radius 2 is 0.889 bits per heavy atom. The number of carbonyl (C=O) groups is 2. The van der Waals surface area contributed by atoms with E-state index in [-0.39, 0.29) is 19.4 Å². The summed E-state index contributed by atoms with van der Waals surface area (Å²) in [4.78, 5) is 42.9. The summed E-state index contributed by atoms with van der Waals surface area (Å²) >= 11 is 0. The summed E-state index contributed by atoms with van der Waals surface area (Å²) in [6.07, 6.45) is 49.8. The van der Waals surface area contributed by atoms with Crippen molar-refractivity contribution in [2.75, 3.05) is 13.2 Å². The van der Waals surface area contributed by atoms with Gasteiger partial charge in [0.2, 0.25) is 0 Å². The lowest BCUT2D eigenvalue weighted by Crippen LogP contribution is -2.29. The molecular formula is C45H81O8P. The van der Waals surface area contributed by atoms with Crippen LogP contribution in [-0.4, -0.2) is 41.0 Å². The smallest absolute Gasteiger partial charge is 0.462 e. The minimum Gasteiger partial charge on any atom is -0.462 e. The highest BCUT2D eigenvalue weighted by molar-refractivity contribution is 7.46. The molecule has 0 unspecified atom stereocenters. The predicted octanol–water partition coefficient (Wildman–Crippen LogP) is 13.5. The zero-order valence-electron chi connectivity index (χ0n) is 34.6.